The smallest absolute Gasteiger partial charge is 0.269 e. The van der Waals surface area contributed by atoms with Crippen LogP contribution in [0.3, 0.4) is 0 Å². The number of hydrogen-bond acceptors (Lipinski definition) is 7. The van der Waals surface area contributed by atoms with Crippen molar-refractivity contribution in [1.82, 2.24) is 20.3 Å². The van der Waals surface area contributed by atoms with Crippen LogP contribution in [0.4, 0.5) is 5.69 Å². The maximum absolute atomic E-state index is 10.8. The molecule has 0 aliphatic heterocycles. The Balaban J connectivity index is 1.87. The monoisotopic (exact) mass is 319 g/mol. The molecule has 4 aromatic rings. The zero-order valence-corrected chi connectivity index (χ0v) is 12.2. The van der Waals surface area contributed by atoms with Gasteiger partial charge in [0.2, 0.25) is 0 Å². The first-order chi connectivity index (χ1) is 11.7. The van der Waals surface area contributed by atoms with Crippen molar-refractivity contribution in [2.24, 2.45) is 0 Å². The third-order valence-corrected chi connectivity index (χ3v) is 3.59. The van der Waals surface area contributed by atoms with Gasteiger partial charge in [-0.1, -0.05) is 5.16 Å². The van der Waals surface area contributed by atoms with Crippen molar-refractivity contribution in [3.05, 3.63) is 65.2 Å². The highest BCUT2D eigenvalue weighted by Gasteiger charge is 2.16. The third kappa shape index (κ3) is 2.26. The quantitative estimate of drug-likeness (QED) is 0.421. The number of nitrogens with zero attached hydrogens (tertiary/aromatic N) is 5. The molecule has 1 aromatic carbocycles. The van der Waals surface area contributed by atoms with Gasteiger partial charge in [-0.05, 0) is 24.3 Å². The zero-order valence-electron chi connectivity index (χ0n) is 12.2. The fraction of sp³-hybridized carbons (Fsp3) is 0. The maximum Gasteiger partial charge on any atom is 0.269 e. The first-order valence-corrected chi connectivity index (χ1v) is 7.00. The highest BCUT2D eigenvalue weighted by atomic mass is 16.6. The van der Waals surface area contributed by atoms with Gasteiger partial charge < -0.3 is 4.52 Å². The van der Waals surface area contributed by atoms with E-state index >= 15 is 0 Å². The molecule has 0 saturated carbocycles. The Morgan fingerprint density at radius 2 is 1.79 bits per heavy atom. The van der Waals surface area contributed by atoms with Crippen molar-refractivity contribution in [2.45, 2.75) is 0 Å². The number of hydrogen-bond donors (Lipinski definition) is 0. The maximum atomic E-state index is 10.8. The Bertz CT molecular complexity index is 1030. The minimum absolute atomic E-state index is 0.00934. The van der Waals surface area contributed by atoms with E-state index in [-0.39, 0.29) is 5.69 Å². The van der Waals surface area contributed by atoms with Gasteiger partial charge in [0.25, 0.3) is 5.69 Å². The summed E-state index contributed by atoms with van der Waals surface area (Å²) in [6.45, 7) is 0. The Kier molecular flexibility index (Phi) is 3.20. The summed E-state index contributed by atoms with van der Waals surface area (Å²) in [6, 6.07) is 9.73. The van der Waals surface area contributed by atoms with Crippen LogP contribution >= 0.6 is 0 Å². The van der Waals surface area contributed by atoms with Crippen LogP contribution in [0.2, 0.25) is 0 Å². The fourth-order valence-corrected chi connectivity index (χ4v) is 2.43. The Labute approximate surface area is 134 Å². The molecule has 0 saturated heterocycles. The number of aromatic nitrogens is 4. The number of non-ortho nitro benzene ring substituents is 1. The molecule has 3 aromatic heterocycles. The second kappa shape index (κ2) is 5.51. The Hall–Kier alpha value is -3.68. The zero-order chi connectivity index (χ0) is 16.5. The molecule has 0 N–H and O–H groups in total. The van der Waals surface area contributed by atoms with Gasteiger partial charge in [-0.15, -0.1) is 10.2 Å². The predicted octanol–water partition coefficient (Wildman–Crippen LogP) is 3.26. The minimum Gasteiger partial charge on any atom is -0.363 e. The van der Waals surface area contributed by atoms with Crippen molar-refractivity contribution in [1.29, 1.82) is 0 Å². The highest BCUT2D eigenvalue weighted by molar-refractivity contribution is 5.98. The SMILES string of the molecule is O=[N+]([O-])c1ccc(-c2nnc(-c3cccnc3)c3conc23)cc1. The average Bonchev–Trinajstić information content (AvgIpc) is 3.11. The highest BCUT2D eigenvalue weighted by Crippen LogP contribution is 2.31. The molecule has 116 valence electrons. The van der Waals surface area contributed by atoms with Crippen LogP contribution in [-0.4, -0.2) is 25.3 Å². The molecule has 0 aliphatic rings. The molecule has 0 bridgehead atoms. The molecule has 0 atom stereocenters. The molecular formula is C16H9N5O3. The largest absolute Gasteiger partial charge is 0.363 e. The van der Waals surface area contributed by atoms with Gasteiger partial charge in [0.05, 0.1) is 10.3 Å². The number of rotatable bonds is 3. The van der Waals surface area contributed by atoms with Crippen LogP contribution in [0.5, 0.6) is 0 Å². The van der Waals surface area contributed by atoms with E-state index < -0.39 is 4.92 Å². The van der Waals surface area contributed by atoms with Crippen molar-refractivity contribution in [3.8, 4) is 22.5 Å². The third-order valence-electron chi connectivity index (χ3n) is 3.59. The first kappa shape index (κ1) is 13.9. The predicted molar refractivity (Wildman–Crippen MR) is 84.9 cm³/mol. The van der Waals surface area contributed by atoms with E-state index in [0.29, 0.717) is 27.9 Å². The number of fused-ring (bicyclic) bond motifs is 1. The summed E-state index contributed by atoms with van der Waals surface area (Å²) in [5, 5.41) is 24.0. The number of nitro groups is 1. The number of nitro benzene ring substituents is 1. The van der Waals surface area contributed by atoms with Crippen LogP contribution in [0.1, 0.15) is 0 Å². The van der Waals surface area contributed by atoms with E-state index in [1.54, 1.807) is 30.6 Å². The van der Waals surface area contributed by atoms with Gasteiger partial charge in [-0.2, -0.15) is 0 Å². The van der Waals surface area contributed by atoms with Crippen LogP contribution in [0.25, 0.3) is 33.4 Å². The Morgan fingerprint density at radius 1 is 1.00 bits per heavy atom. The molecule has 8 nitrogen and oxygen atoms in total. The summed E-state index contributed by atoms with van der Waals surface area (Å²) in [4.78, 5) is 14.4. The minimum atomic E-state index is -0.452. The molecule has 24 heavy (non-hydrogen) atoms. The van der Waals surface area contributed by atoms with Gasteiger partial charge in [-0.3, -0.25) is 15.1 Å². The normalized spacial score (nSPS) is 10.8. The van der Waals surface area contributed by atoms with E-state index in [0.717, 1.165) is 5.56 Å². The first-order valence-electron chi connectivity index (χ1n) is 7.00. The number of pyridine rings is 1. The van der Waals surface area contributed by atoms with Crippen LogP contribution in [0.15, 0.2) is 59.6 Å². The lowest BCUT2D eigenvalue weighted by molar-refractivity contribution is -0.384. The van der Waals surface area contributed by atoms with Gasteiger partial charge in [-0.25, -0.2) is 0 Å². The summed E-state index contributed by atoms with van der Waals surface area (Å²) in [7, 11) is 0. The average molecular weight is 319 g/mol. The van der Waals surface area contributed by atoms with Gasteiger partial charge in [0.15, 0.2) is 0 Å². The lowest BCUT2D eigenvalue weighted by atomic mass is 10.1. The van der Waals surface area contributed by atoms with Crippen molar-refractivity contribution < 1.29 is 9.45 Å². The van der Waals surface area contributed by atoms with Crippen LogP contribution < -0.4 is 0 Å². The van der Waals surface area contributed by atoms with Crippen molar-refractivity contribution >= 4 is 16.6 Å². The van der Waals surface area contributed by atoms with E-state index in [2.05, 4.69) is 20.3 Å². The summed E-state index contributed by atoms with van der Waals surface area (Å²) in [5.41, 5.74) is 3.14. The topological polar surface area (TPSA) is 108 Å². The van der Waals surface area contributed by atoms with E-state index in [1.165, 1.54) is 18.4 Å². The lowest BCUT2D eigenvalue weighted by Gasteiger charge is -2.04. The molecule has 0 amide bonds. The molecule has 3 heterocycles. The lowest BCUT2D eigenvalue weighted by Crippen LogP contribution is -1.94. The summed E-state index contributed by atoms with van der Waals surface area (Å²) in [6.07, 6.45) is 4.86. The van der Waals surface area contributed by atoms with E-state index in [1.807, 2.05) is 6.07 Å². The molecule has 0 unspecified atom stereocenters. The van der Waals surface area contributed by atoms with Crippen molar-refractivity contribution in [3.63, 3.8) is 0 Å². The second-order valence-electron chi connectivity index (χ2n) is 5.02. The number of benzene rings is 1. The summed E-state index contributed by atoms with van der Waals surface area (Å²) >= 11 is 0. The molecular weight excluding hydrogens is 310 g/mol. The van der Waals surface area contributed by atoms with Gasteiger partial charge in [0.1, 0.15) is 23.2 Å². The van der Waals surface area contributed by atoms with E-state index in [9.17, 15) is 10.1 Å². The summed E-state index contributed by atoms with van der Waals surface area (Å²) < 4.78 is 5.09. The van der Waals surface area contributed by atoms with Crippen LogP contribution in [0, 0.1) is 10.1 Å². The van der Waals surface area contributed by atoms with Gasteiger partial charge in [0, 0.05) is 35.7 Å². The fourth-order valence-electron chi connectivity index (χ4n) is 2.43. The summed E-state index contributed by atoms with van der Waals surface area (Å²) in [5.74, 6) is 0. The standard InChI is InChI=1S/C16H9N5O3/c22-21(23)12-5-3-10(4-6-12)15-16-13(9-24-20-16)14(18-19-15)11-2-1-7-17-8-11/h1-9H. The molecule has 0 fully saturated rings. The van der Waals surface area contributed by atoms with E-state index in [4.69, 9.17) is 4.52 Å². The molecule has 4 rings (SSSR count). The molecule has 0 spiro atoms. The molecule has 0 radical (unpaired) electrons. The molecule has 8 heteroatoms. The second-order valence-corrected chi connectivity index (χ2v) is 5.02. The molecule has 0 aliphatic carbocycles. The Morgan fingerprint density at radius 3 is 2.50 bits per heavy atom. The van der Waals surface area contributed by atoms with Crippen LogP contribution in [-0.2, 0) is 0 Å². The van der Waals surface area contributed by atoms with Gasteiger partial charge >= 0.3 is 0 Å². The van der Waals surface area contributed by atoms with Crippen molar-refractivity contribution in [2.75, 3.05) is 0 Å².